The van der Waals surface area contributed by atoms with Crippen LogP contribution < -0.4 is 5.32 Å². The van der Waals surface area contributed by atoms with Gasteiger partial charge >= 0.3 is 5.97 Å². The van der Waals surface area contributed by atoms with Gasteiger partial charge < -0.3 is 15.3 Å². The highest BCUT2D eigenvalue weighted by Gasteiger charge is 2.24. The molecule has 0 saturated carbocycles. The molecule has 6 nitrogen and oxygen atoms in total. The van der Waals surface area contributed by atoms with Gasteiger partial charge in [0.25, 0.3) is 5.91 Å². The molecule has 1 heterocycles. The number of aliphatic carboxylic acids is 1. The number of hydrogen-bond acceptors (Lipinski definition) is 4. The molecule has 1 aromatic rings. The second-order valence-electron chi connectivity index (χ2n) is 4.60. The number of nitrogens with one attached hydrogen (secondary N) is 1. The number of thiophene rings is 1. The normalized spacial score (nSPS) is 11.7. The van der Waals surface area contributed by atoms with Crippen LogP contribution in [-0.2, 0) is 9.59 Å². The summed E-state index contributed by atoms with van der Waals surface area (Å²) in [6.07, 6.45) is 1.06. The molecule has 0 aliphatic heterocycles. The predicted octanol–water partition coefficient (Wildman–Crippen LogP) is 1.58. The van der Waals surface area contributed by atoms with Crippen molar-refractivity contribution in [1.82, 2.24) is 10.2 Å². The molecule has 0 fully saturated rings. The summed E-state index contributed by atoms with van der Waals surface area (Å²) in [4.78, 5) is 36.4. The van der Waals surface area contributed by atoms with Crippen LogP contribution in [0.5, 0.6) is 0 Å². The Bertz CT molecular complexity index is 487. The fourth-order valence-corrected chi connectivity index (χ4v) is 2.54. The maximum atomic E-state index is 11.9. The molecule has 1 unspecified atom stereocenters. The minimum atomic E-state index is -1.00. The lowest BCUT2D eigenvalue weighted by molar-refractivity contribution is -0.149. The maximum absolute atomic E-state index is 11.9. The number of likely N-dealkylation sites (N-methyl/N-ethyl adjacent to an activating group) is 1. The van der Waals surface area contributed by atoms with Crippen LogP contribution in [0.4, 0.5) is 0 Å². The molecule has 0 aromatic carbocycles. The van der Waals surface area contributed by atoms with E-state index in [0.717, 1.165) is 0 Å². The summed E-state index contributed by atoms with van der Waals surface area (Å²) >= 11 is 1.36. The first-order valence-corrected chi connectivity index (χ1v) is 7.65. The highest BCUT2D eigenvalue weighted by molar-refractivity contribution is 7.12. The first-order chi connectivity index (χ1) is 9.97. The summed E-state index contributed by atoms with van der Waals surface area (Å²) in [7, 11) is 1.49. The Labute approximate surface area is 127 Å². The quantitative estimate of drug-likeness (QED) is 0.714. The third kappa shape index (κ3) is 5.18. The third-order valence-corrected chi connectivity index (χ3v) is 4.00. The van der Waals surface area contributed by atoms with E-state index in [-0.39, 0.29) is 18.2 Å². The summed E-state index contributed by atoms with van der Waals surface area (Å²) < 4.78 is 0. The van der Waals surface area contributed by atoms with E-state index in [1.165, 1.54) is 23.3 Å². The van der Waals surface area contributed by atoms with Gasteiger partial charge in [-0.25, -0.2) is 4.79 Å². The Morgan fingerprint density at radius 3 is 2.67 bits per heavy atom. The van der Waals surface area contributed by atoms with Crippen LogP contribution >= 0.6 is 11.3 Å². The predicted molar refractivity (Wildman–Crippen MR) is 80.4 cm³/mol. The van der Waals surface area contributed by atoms with Crippen LogP contribution in [0.1, 0.15) is 35.9 Å². The van der Waals surface area contributed by atoms with Crippen LogP contribution in [0.2, 0.25) is 0 Å². The van der Waals surface area contributed by atoms with Gasteiger partial charge in [0.1, 0.15) is 6.04 Å². The van der Waals surface area contributed by atoms with Gasteiger partial charge in [-0.15, -0.1) is 11.3 Å². The van der Waals surface area contributed by atoms with Crippen LogP contribution in [0, 0.1) is 0 Å². The average Bonchev–Trinajstić information content (AvgIpc) is 2.97. The lowest BCUT2D eigenvalue weighted by Gasteiger charge is -2.23. The molecule has 2 N–H and O–H groups in total. The molecule has 116 valence electrons. The number of carboxylic acids is 1. The molecule has 1 rings (SSSR count). The van der Waals surface area contributed by atoms with Crippen LogP contribution in [-0.4, -0.2) is 47.4 Å². The number of hydrogen-bond donors (Lipinski definition) is 2. The van der Waals surface area contributed by atoms with E-state index in [9.17, 15) is 14.4 Å². The molecule has 0 spiro atoms. The number of rotatable bonds is 8. The zero-order chi connectivity index (χ0) is 15.8. The van der Waals surface area contributed by atoms with Crippen molar-refractivity contribution in [2.45, 2.75) is 32.2 Å². The van der Waals surface area contributed by atoms with Crippen molar-refractivity contribution in [3.63, 3.8) is 0 Å². The molecule has 1 atom stereocenters. The van der Waals surface area contributed by atoms with Gasteiger partial charge in [0, 0.05) is 20.0 Å². The number of carboxylic acid groups (broad SMARTS) is 1. The van der Waals surface area contributed by atoms with Crippen molar-refractivity contribution in [3.05, 3.63) is 22.4 Å². The standard InChI is InChI=1S/C14H20N2O4S/c1-3-10(14(19)20)16(2)12(17)7-4-8-15-13(18)11-6-5-9-21-11/h5-6,9-10H,3-4,7-8H2,1-2H3,(H,15,18)(H,19,20). The number of carbonyl (C=O) groups excluding carboxylic acids is 2. The fraction of sp³-hybridized carbons (Fsp3) is 0.500. The SMILES string of the molecule is CCC(C(=O)O)N(C)C(=O)CCCNC(=O)c1cccs1. The number of nitrogens with zero attached hydrogens (tertiary/aromatic N) is 1. The van der Waals surface area contributed by atoms with Crippen LogP contribution in [0.25, 0.3) is 0 Å². The summed E-state index contributed by atoms with van der Waals surface area (Å²) in [5, 5.41) is 13.5. The molecule has 0 saturated heterocycles. The van der Waals surface area contributed by atoms with Crippen LogP contribution in [0.3, 0.4) is 0 Å². The summed E-state index contributed by atoms with van der Waals surface area (Å²) in [5.41, 5.74) is 0. The van der Waals surface area contributed by atoms with E-state index in [1.54, 1.807) is 19.1 Å². The first-order valence-electron chi connectivity index (χ1n) is 6.77. The minimum Gasteiger partial charge on any atom is -0.480 e. The molecule has 0 radical (unpaired) electrons. The van der Waals surface area contributed by atoms with Gasteiger partial charge in [-0.1, -0.05) is 13.0 Å². The van der Waals surface area contributed by atoms with Crippen molar-refractivity contribution in [2.24, 2.45) is 0 Å². The Kier molecular flexibility index (Phi) is 6.87. The van der Waals surface area contributed by atoms with Crippen molar-refractivity contribution in [3.8, 4) is 0 Å². The second-order valence-corrected chi connectivity index (χ2v) is 5.55. The topological polar surface area (TPSA) is 86.7 Å². The third-order valence-electron chi connectivity index (χ3n) is 3.13. The van der Waals surface area contributed by atoms with E-state index in [2.05, 4.69) is 5.32 Å². The molecular formula is C14H20N2O4S. The number of carbonyl (C=O) groups is 3. The van der Waals surface area contributed by atoms with Crippen molar-refractivity contribution < 1.29 is 19.5 Å². The van der Waals surface area contributed by atoms with E-state index in [4.69, 9.17) is 5.11 Å². The van der Waals surface area contributed by atoms with E-state index < -0.39 is 12.0 Å². The Morgan fingerprint density at radius 1 is 1.43 bits per heavy atom. The monoisotopic (exact) mass is 312 g/mol. The largest absolute Gasteiger partial charge is 0.480 e. The van der Waals surface area contributed by atoms with Gasteiger partial charge in [-0.3, -0.25) is 9.59 Å². The zero-order valence-electron chi connectivity index (χ0n) is 12.2. The van der Waals surface area contributed by atoms with Gasteiger partial charge in [0.15, 0.2) is 0 Å². The molecule has 0 aliphatic carbocycles. The second kappa shape index (κ2) is 8.41. The molecular weight excluding hydrogens is 292 g/mol. The molecule has 1 aromatic heterocycles. The Hall–Kier alpha value is -1.89. The molecule has 21 heavy (non-hydrogen) atoms. The maximum Gasteiger partial charge on any atom is 0.326 e. The average molecular weight is 312 g/mol. The van der Waals surface area contributed by atoms with E-state index >= 15 is 0 Å². The van der Waals surface area contributed by atoms with Gasteiger partial charge in [0.05, 0.1) is 4.88 Å². The van der Waals surface area contributed by atoms with Gasteiger partial charge in [0.2, 0.25) is 5.91 Å². The summed E-state index contributed by atoms with van der Waals surface area (Å²) in [5.74, 6) is -1.38. The van der Waals surface area contributed by atoms with Crippen molar-refractivity contribution in [1.29, 1.82) is 0 Å². The Morgan fingerprint density at radius 2 is 2.14 bits per heavy atom. The molecule has 2 amide bonds. The summed E-state index contributed by atoms with van der Waals surface area (Å²) in [6.45, 7) is 2.12. The van der Waals surface area contributed by atoms with Crippen molar-refractivity contribution >= 4 is 29.1 Å². The number of amides is 2. The lowest BCUT2D eigenvalue weighted by Crippen LogP contribution is -2.42. The van der Waals surface area contributed by atoms with Gasteiger partial charge in [-0.2, -0.15) is 0 Å². The first kappa shape index (κ1) is 17.2. The minimum absolute atomic E-state index is 0.150. The highest BCUT2D eigenvalue weighted by Crippen LogP contribution is 2.08. The molecule has 0 aliphatic rings. The van der Waals surface area contributed by atoms with Crippen LogP contribution in [0.15, 0.2) is 17.5 Å². The zero-order valence-corrected chi connectivity index (χ0v) is 13.0. The highest BCUT2D eigenvalue weighted by atomic mass is 32.1. The van der Waals surface area contributed by atoms with Crippen molar-refractivity contribution in [2.75, 3.05) is 13.6 Å². The Balaban J connectivity index is 2.30. The summed E-state index contributed by atoms with van der Waals surface area (Å²) in [6, 6.07) is 2.74. The lowest BCUT2D eigenvalue weighted by atomic mass is 10.2. The smallest absolute Gasteiger partial charge is 0.326 e. The molecule has 7 heteroatoms. The van der Waals surface area contributed by atoms with E-state index in [0.29, 0.717) is 24.3 Å². The van der Waals surface area contributed by atoms with Gasteiger partial charge in [-0.05, 0) is 24.3 Å². The van der Waals surface area contributed by atoms with E-state index in [1.807, 2.05) is 5.38 Å². The molecule has 0 bridgehead atoms. The fourth-order valence-electron chi connectivity index (χ4n) is 1.90.